The SMILES string of the molecule is CNC(=O)Nc1ccc(-c2ncc3c(n2)N2CCOC[C@@]2(C)C(=O)N3CC2CC2)cc1.CNC(=O)Nc1ccc(-c2ncc3c(n2)N2CCOC[C@]2(C)C(=O)N3CC2CC2)cc1. The van der Waals surface area contributed by atoms with Gasteiger partial charge in [-0.2, -0.15) is 0 Å². The van der Waals surface area contributed by atoms with E-state index in [4.69, 9.17) is 19.4 Å². The van der Waals surface area contributed by atoms with Gasteiger partial charge in [-0.25, -0.2) is 29.5 Å². The van der Waals surface area contributed by atoms with Crippen LogP contribution in [0, 0.1) is 11.8 Å². The van der Waals surface area contributed by atoms with Crippen molar-refractivity contribution in [2.45, 2.75) is 50.6 Å². The molecule has 2 aromatic carbocycles. The summed E-state index contributed by atoms with van der Waals surface area (Å²) in [5.74, 6) is 3.96. The smallest absolute Gasteiger partial charge is 0.318 e. The lowest BCUT2D eigenvalue weighted by Gasteiger charge is -2.50. The molecule has 18 heteroatoms. The summed E-state index contributed by atoms with van der Waals surface area (Å²) >= 11 is 0. The van der Waals surface area contributed by atoms with E-state index < -0.39 is 11.1 Å². The average Bonchev–Trinajstić information content (AvgIpc) is 4.25. The first-order valence-electron chi connectivity index (χ1n) is 21.3. The van der Waals surface area contributed by atoms with Crippen LogP contribution in [0.5, 0.6) is 0 Å². The summed E-state index contributed by atoms with van der Waals surface area (Å²) in [6, 6.07) is 14.2. The fraction of sp³-hybridized carbons (Fsp3) is 0.455. The van der Waals surface area contributed by atoms with Crippen molar-refractivity contribution in [3.63, 3.8) is 0 Å². The van der Waals surface area contributed by atoms with E-state index in [0.29, 0.717) is 87.5 Å². The molecule has 4 aromatic rings. The molecular weight excluding hydrogens is 793 g/mol. The third-order valence-corrected chi connectivity index (χ3v) is 12.4. The summed E-state index contributed by atoms with van der Waals surface area (Å²) in [6.07, 6.45) is 8.17. The molecule has 0 radical (unpaired) electrons. The van der Waals surface area contributed by atoms with Gasteiger partial charge in [0.2, 0.25) is 0 Å². The Labute approximate surface area is 359 Å². The van der Waals surface area contributed by atoms with Crippen LogP contribution in [0.4, 0.5) is 44.0 Å². The zero-order chi connectivity index (χ0) is 43.2. The fourth-order valence-electron chi connectivity index (χ4n) is 8.40. The van der Waals surface area contributed by atoms with Crippen molar-refractivity contribution < 1.29 is 28.7 Å². The van der Waals surface area contributed by atoms with Crippen molar-refractivity contribution in [1.82, 2.24) is 30.6 Å². The highest BCUT2D eigenvalue weighted by Crippen LogP contribution is 2.45. The molecule has 4 N–H and O–H groups in total. The number of rotatable bonds is 8. The van der Waals surface area contributed by atoms with Crippen molar-refractivity contribution >= 4 is 58.3 Å². The number of ether oxygens (including phenoxy) is 2. The number of anilines is 6. The van der Waals surface area contributed by atoms with Crippen LogP contribution >= 0.6 is 0 Å². The van der Waals surface area contributed by atoms with Crippen molar-refractivity contribution in [2.75, 3.05) is 96.9 Å². The number of nitrogens with one attached hydrogen (secondary N) is 4. The molecule has 324 valence electrons. The maximum absolute atomic E-state index is 13.4. The zero-order valence-electron chi connectivity index (χ0n) is 35.4. The van der Waals surface area contributed by atoms with Crippen LogP contribution in [0.3, 0.4) is 0 Å². The highest BCUT2D eigenvalue weighted by atomic mass is 16.5. The summed E-state index contributed by atoms with van der Waals surface area (Å²) in [6.45, 7) is 8.34. The zero-order valence-corrected chi connectivity index (χ0v) is 35.4. The molecule has 0 spiro atoms. The van der Waals surface area contributed by atoms with Gasteiger partial charge in [0.05, 0.1) is 38.8 Å². The molecule has 18 nitrogen and oxygen atoms in total. The number of hydrogen-bond donors (Lipinski definition) is 4. The number of morpholine rings is 2. The summed E-state index contributed by atoms with van der Waals surface area (Å²) in [4.78, 5) is 76.7. The molecule has 2 saturated carbocycles. The molecule has 2 aliphatic carbocycles. The van der Waals surface area contributed by atoms with E-state index >= 15 is 0 Å². The van der Waals surface area contributed by atoms with E-state index in [1.54, 1.807) is 26.5 Å². The summed E-state index contributed by atoms with van der Waals surface area (Å²) < 4.78 is 11.4. The van der Waals surface area contributed by atoms with Gasteiger partial charge in [-0.15, -0.1) is 0 Å². The van der Waals surface area contributed by atoms with Gasteiger partial charge in [0.1, 0.15) is 22.5 Å². The largest absolute Gasteiger partial charge is 0.377 e. The van der Waals surface area contributed by atoms with E-state index in [2.05, 4.69) is 41.0 Å². The van der Waals surface area contributed by atoms with E-state index in [-0.39, 0.29) is 23.9 Å². The standard InChI is InChI=1S/2C22H26N6O3/c2*1-22-13-31-10-9-28(22)19-17(27(20(22)29)12-14-3-4-14)11-24-18(26-19)15-5-7-16(8-6-15)25-21(30)23-2/h2*5-8,11,14H,3-4,9-10,12-13H2,1-2H3,(H2,23,25,30)/t2*22-/m10/s1. The molecule has 2 aromatic heterocycles. The lowest BCUT2D eigenvalue weighted by Crippen LogP contribution is -2.67. The first kappa shape index (κ1) is 41.0. The second-order valence-electron chi connectivity index (χ2n) is 17.0. The molecule has 0 unspecified atom stereocenters. The summed E-state index contributed by atoms with van der Waals surface area (Å²) in [5.41, 5.74) is 3.08. The molecule has 62 heavy (non-hydrogen) atoms. The van der Waals surface area contributed by atoms with E-state index in [9.17, 15) is 19.2 Å². The number of hydrogen-bond acceptors (Lipinski definition) is 12. The fourth-order valence-corrected chi connectivity index (χ4v) is 8.40. The van der Waals surface area contributed by atoms with Crippen LogP contribution < -0.4 is 40.9 Å². The summed E-state index contributed by atoms with van der Waals surface area (Å²) in [5, 5.41) is 10.5. The molecule has 6 heterocycles. The Kier molecular flexibility index (Phi) is 10.9. The van der Waals surface area contributed by atoms with E-state index in [1.165, 1.54) is 0 Å². The summed E-state index contributed by atoms with van der Waals surface area (Å²) in [7, 11) is 3.14. The number of amides is 6. The van der Waals surface area contributed by atoms with Gasteiger partial charge in [0.15, 0.2) is 23.3 Å². The predicted octanol–water partition coefficient (Wildman–Crippen LogP) is 4.49. The van der Waals surface area contributed by atoms with Crippen molar-refractivity contribution in [3.05, 3.63) is 60.9 Å². The van der Waals surface area contributed by atoms with Crippen LogP contribution in [0.1, 0.15) is 39.5 Å². The van der Waals surface area contributed by atoms with Gasteiger partial charge in [-0.1, -0.05) is 0 Å². The second-order valence-corrected chi connectivity index (χ2v) is 17.0. The molecular formula is C44H52N12O6. The number of aromatic nitrogens is 4. The number of urea groups is 2. The van der Waals surface area contributed by atoms with Gasteiger partial charge in [0, 0.05) is 62.8 Å². The Morgan fingerprint density at radius 3 is 1.39 bits per heavy atom. The Morgan fingerprint density at radius 2 is 1.03 bits per heavy atom. The first-order valence-corrected chi connectivity index (χ1v) is 21.3. The minimum Gasteiger partial charge on any atom is -0.377 e. The maximum Gasteiger partial charge on any atom is 0.318 e. The predicted molar refractivity (Wildman–Crippen MR) is 234 cm³/mol. The molecule has 6 aliphatic rings. The highest BCUT2D eigenvalue weighted by Gasteiger charge is 2.53. The number of benzene rings is 2. The maximum atomic E-state index is 13.4. The Morgan fingerprint density at radius 1 is 0.645 bits per heavy atom. The Balaban J connectivity index is 0.000000158. The topological polar surface area (TPSA) is 199 Å². The van der Waals surface area contributed by atoms with Crippen LogP contribution in [-0.4, -0.2) is 122 Å². The van der Waals surface area contributed by atoms with Crippen LogP contribution in [0.15, 0.2) is 60.9 Å². The van der Waals surface area contributed by atoms with Crippen LogP contribution in [0.2, 0.25) is 0 Å². The second kappa shape index (κ2) is 16.5. The molecule has 4 aliphatic heterocycles. The van der Waals surface area contributed by atoms with Gasteiger partial charge >= 0.3 is 12.1 Å². The lowest BCUT2D eigenvalue weighted by molar-refractivity contribution is -0.128. The quantitative estimate of drug-likeness (QED) is 0.194. The lowest BCUT2D eigenvalue weighted by atomic mass is 9.93. The number of nitrogens with zero attached hydrogens (tertiary/aromatic N) is 8. The average molecular weight is 845 g/mol. The Hall–Kier alpha value is -6.40. The van der Waals surface area contributed by atoms with Crippen LogP contribution in [0.25, 0.3) is 22.8 Å². The third kappa shape index (κ3) is 7.83. The third-order valence-electron chi connectivity index (χ3n) is 12.4. The van der Waals surface area contributed by atoms with Gasteiger partial charge in [-0.05, 0) is 99.9 Å². The number of carbonyl (C=O) groups excluding carboxylic acids is 4. The molecule has 2 saturated heterocycles. The molecule has 2 atom stereocenters. The van der Waals surface area contributed by atoms with Crippen LogP contribution in [-0.2, 0) is 19.1 Å². The van der Waals surface area contributed by atoms with E-state index in [1.807, 2.05) is 72.2 Å². The molecule has 0 bridgehead atoms. The van der Waals surface area contributed by atoms with Crippen molar-refractivity contribution in [3.8, 4) is 22.8 Å². The number of fused-ring (bicyclic) bond motifs is 6. The number of carbonyl (C=O) groups is 4. The Bertz CT molecular complexity index is 2210. The minimum absolute atomic E-state index is 0.0626. The highest BCUT2D eigenvalue weighted by molar-refractivity contribution is 6.09. The molecule has 6 amide bonds. The van der Waals surface area contributed by atoms with Gasteiger partial charge in [-0.3, -0.25) is 9.59 Å². The van der Waals surface area contributed by atoms with Crippen molar-refractivity contribution in [2.24, 2.45) is 11.8 Å². The monoisotopic (exact) mass is 844 g/mol. The minimum atomic E-state index is -0.757. The normalized spacial score (nSPS) is 22.6. The van der Waals surface area contributed by atoms with E-state index in [0.717, 1.165) is 59.8 Å². The molecule has 4 fully saturated rings. The molecule has 10 rings (SSSR count). The first-order chi connectivity index (χ1) is 30.0. The van der Waals surface area contributed by atoms with Gasteiger partial charge in [0.25, 0.3) is 11.8 Å². The van der Waals surface area contributed by atoms with Crippen molar-refractivity contribution in [1.29, 1.82) is 0 Å². The van der Waals surface area contributed by atoms with Gasteiger partial charge < -0.3 is 50.3 Å².